The van der Waals surface area contributed by atoms with E-state index in [1.165, 1.54) is 0 Å². The Hall–Kier alpha value is -0.930. The summed E-state index contributed by atoms with van der Waals surface area (Å²) in [5.41, 5.74) is 0.965. The highest BCUT2D eigenvalue weighted by Gasteiger charge is 2.15. The highest BCUT2D eigenvalue weighted by Crippen LogP contribution is 2.37. The summed E-state index contributed by atoms with van der Waals surface area (Å²) in [5, 5.41) is 9.41. The van der Waals surface area contributed by atoms with Crippen LogP contribution in [0, 0.1) is 0 Å². The second-order valence-electron chi connectivity index (χ2n) is 3.43. The van der Waals surface area contributed by atoms with Crippen LogP contribution in [0.5, 0.6) is 11.5 Å². The van der Waals surface area contributed by atoms with Crippen LogP contribution in [-0.4, -0.2) is 24.9 Å². The monoisotopic (exact) mass is 228 g/mol. The third-order valence-corrected chi connectivity index (χ3v) is 2.54. The van der Waals surface area contributed by atoms with Crippen molar-refractivity contribution in [2.45, 2.75) is 12.8 Å². The van der Waals surface area contributed by atoms with Gasteiger partial charge in [-0.15, -0.1) is 0 Å². The van der Waals surface area contributed by atoms with E-state index >= 15 is 0 Å². The Labute approximate surface area is 93.6 Å². The van der Waals surface area contributed by atoms with Crippen LogP contribution in [0.25, 0.3) is 0 Å². The van der Waals surface area contributed by atoms with Crippen molar-refractivity contribution in [3.8, 4) is 11.5 Å². The molecule has 4 heteroatoms. The van der Waals surface area contributed by atoms with Crippen LogP contribution in [0.1, 0.15) is 12.0 Å². The molecule has 15 heavy (non-hydrogen) atoms. The lowest BCUT2D eigenvalue weighted by atomic mass is 10.1. The lowest BCUT2D eigenvalue weighted by molar-refractivity contribution is 0.296. The SMILES string of the molecule is OCCc1cc(Cl)c2c(c1)OCCCO2. The molecule has 0 saturated carbocycles. The molecule has 0 saturated heterocycles. The molecule has 0 atom stereocenters. The molecule has 1 aromatic rings. The fraction of sp³-hybridized carbons (Fsp3) is 0.455. The Morgan fingerprint density at radius 1 is 1.27 bits per heavy atom. The van der Waals surface area contributed by atoms with Crippen molar-refractivity contribution in [1.29, 1.82) is 0 Å². The number of fused-ring (bicyclic) bond motifs is 1. The molecule has 82 valence electrons. The maximum Gasteiger partial charge on any atom is 0.179 e. The van der Waals surface area contributed by atoms with Gasteiger partial charge in [-0.2, -0.15) is 0 Å². The Bertz CT molecular complexity index is 352. The molecule has 1 aliphatic heterocycles. The second-order valence-corrected chi connectivity index (χ2v) is 3.84. The van der Waals surface area contributed by atoms with Crippen LogP contribution in [0.15, 0.2) is 12.1 Å². The quantitative estimate of drug-likeness (QED) is 0.842. The minimum Gasteiger partial charge on any atom is -0.489 e. The molecule has 1 heterocycles. The van der Waals surface area contributed by atoms with E-state index in [2.05, 4.69) is 0 Å². The molecule has 0 radical (unpaired) electrons. The zero-order valence-corrected chi connectivity index (χ0v) is 9.09. The average Bonchev–Trinajstić information content (AvgIpc) is 2.43. The molecule has 0 aliphatic carbocycles. The van der Waals surface area contributed by atoms with Crippen LogP contribution in [0.2, 0.25) is 5.02 Å². The molecule has 0 fully saturated rings. The number of halogens is 1. The molecule has 0 bridgehead atoms. The molecule has 0 aromatic heterocycles. The van der Waals surface area contributed by atoms with Crippen molar-refractivity contribution in [3.63, 3.8) is 0 Å². The summed E-state index contributed by atoms with van der Waals surface area (Å²) in [5.74, 6) is 1.30. The Kier molecular flexibility index (Phi) is 3.34. The minimum atomic E-state index is 0.107. The van der Waals surface area contributed by atoms with Crippen molar-refractivity contribution in [1.82, 2.24) is 0 Å². The standard InChI is InChI=1S/C11H13ClO3/c12-9-6-8(2-3-13)7-10-11(9)15-5-1-4-14-10/h6-7,13H,1-5H2. The van der Waals surface area contributed by atoms with E-state index < -0.39 is 0 Å². The van der Waals surface area contributed by atoms with Gasteiger partial charge in [-0.05, 0) is 24.1 Å². The highest BCUT2D eigenvalue weighted by atomic mass is 35.5. The Balaban J connectivity index is 2.35. The molecule has 0 spiro atoms. The van der Waals surface area contributed by atoms with E-state index in [9.17, 15) is 0 Å². The predicted molar refractivity (Wildman–Crippen MR) is 57.8 cm³/mol. The summed E-state index contributed by atoms with van der Waals surface area (Å²) in [7, 11) is 0. The molecule has 1 N–H and O–H groups in total. The van der Waals surface area contributed by atoms with Crippen molar-refractivity contribution in [2.75, 3.05) is 19.8 Å². The van der Waals surface area contributed by atoms with Gasteiger partial charge in [-0.3, -0.25) is 0 Å². The molecule has 1 aliphatic rings. The molecule has 2 rings (SSSR count). The number of hydrogen-bond acceptors (Lipinski definition) is 3. The van der Waals surface area contributed by atoms with Crippen LogP contribution in [-0.2, 0) is 6.42 Å². The van der Waals surface area contributed by atoms with Crippen molar-refractivity contribution < 1.29 is 14.6 Å². The van der Waals surface area contributed by atoms with E-state index in [1.54, 1.807) is 0 Å². The fourth-order valence-corrected chi connectivity index (χ4v) is 1.85. The van der Waals surface area contributed by atoms with E-state index in [4.69, 9.17) is 26.2 Å². The van der Waals surface area contributed by atoms with Gasteiger partial charge in [0.15, 0.2) is 11.5 Å². The number of aliphatic hydroxyl groups is 1. The molecule has 1 aromatic carbocycles. The Morgan fingerprint density at radius 2 is 2.07 bits per heavy atom. The zero-order valence-electron chi connectivity index (χ0n) is 8.33. The molecule has 0 amide bonds. The van der Waals surface area contributed by atoms with Crippen LogP contribution in [0.4, 0.5) is 0 Å². The first-order valence-corrected chi connectivity index (χ1v) is 5.38. The Morgan fingerprint density at radius 3 is 2.87 bits per heavy atom. The van der Waals surface area contributed by atoms with E-state index in [1.807, 2.05) is 12.1 Å². The van der Waals surface area contributed by atoms with Crippen LogP contribution < -0.4 is 9.47 Å². The number of hydrogen-bond donors (Lipinski definition) is 1. The van der Waals surface area contributed by atoms with Gasteiger partial charge in [0.1, 0.15) is 0 Å². The van der Waals surface area contributed by atoms with Gasteiger partial charge in [0, 0.05) is 13.0 Å². The maximum absolute atomic E-state index is 8.86. The van der Waals surface area contributed by atoms with Gasteiger partial charge < -0.3 is 14.6 Å². The normalized spacial score (nSPS) is 14.8. The number of benzene rings is 1. The summed E-state index contributed by atoms with van der Waals surface area (Å²) in [6, 6.07) is 3.69. The third-order valence-electron chi connectivity index (χ3n) is 2.26. The average molecular weight is 229 g/mol. The van der Waals surface area contributed by atoms with Gasteiger partial charge in [0.2, 0.25) is 0 Å². The van der Waals surface area contributed by atoms with Gasteiger partial charge in [-0.1, -0.05) is 11.6 Å². The lowest BCUT2D eigenvalue weighted by Crippen LogP contribution is -1.97. The number of aliphatic hydroxyl groups excluding tert-OH is 1. The third kappa shape index (κ3) is 2.36. The fourth-order valence-electron chi connectivity index (χ4n) is 1.56. The van der Waals surface area contributed by atoms with E-state index in [0.717, 1.165) is 12.0 Å². The van der Waals surface area contributed by atoms with E-state index in [-0.39, 0.29) is 6.61 Å². The number of rotatable bonds is 2. The summed E-state index contributed by atoms with van der Waals surface area (Å²) in [4.78, 5) is 0. The van der Waals surface area contributed by atoms with Gasteiger partial charge in [-0.25, -0.2) is 0 Å². The summed E-state index contributed by atoms with van der Waals surface area (Å²) in [6.45, 7) is 1.38. The van der Waals surface area contributed by atoms with Crippen molar-refractivity contribution >= 4 is 11.6 Å². The summed E-state index contributed by atoms with van der Waals surface area (Å²) >= 11 is 6.07. The summed E-state index contributed by atoms with van der Waals surface area (Å²) in [6.07, 6.45) is 1.44. The first-order chi connectivity index (χ1) is 7.31. The molecular formula is C11H13ClO3. The van der Waals surface area contributed by atoms with Gasteiger partial charge in [0.25, 0.3) is 0 Å². The number of ether oxygens (including phenoxy) is 2. The topological polar surface area (TPSA) is 38.7 Å². The van der Waals surface area contributed by atoms with Crippen molar-refractivity contribution in [2.24, 2.45) is 0 Å². The zero-order chi connectivity index (χ0) is 10.7. The molecule has 0 unspecified atom stereocenters. The largest absolute Gasteiger partial charge is 0.489 e. The van der Waals surface area contributed by atoms with Crippen LogP contribution in [0.3, 0.4) is 0 Å². The smallest absolute Gasteiger partial charge is 0.179 e. The second kappa shape index (κ2) is 4.73. The van der Waals surface area contributed by atoms with E-state index in [0.29, 0.717) is 36.2 Å². The van der Waals surface area contributed by atoms with Crippen LogP contribution >= 0.6 is 11.6 Å². The first-order valence-electron chi connectivity index (χ1n) is 5.00. The molecule has 3 nitrogen and oxygen atoms in total. The maximum atomic E-state index is 8.86. The summed E-state index contributed by atoms with van der Waals surface area (Å²) < 4.78 is 11.0. The minimum absolute atomic E-state index is 0.107. The molecular weight excluding hydrogens is 216 g/mol. The first kappa shape index (κ1) is 10.6. The highest BCUT2D eigenvalue weighted by molar-refractivity contribution is 6.32. The van der Waals surface area contributed by atoms with Gasteiger partial charge >= 0.3 is 0 Å². The lowest BCUT2D eigenvalue weighted by Gasteiger charge is -2.10. The predicted octanol–water partition coefficient (Wildman–Crippen LogP) is 2.04. The van der Waals surface area contributed by atoms with Crippen molar-refractivity contribution in [3.05, 3.63) is 22.7 Å². The van der Waals surface area contributed by atoms with Gasteiger partial charge in [0.05, 0.1) is 18.2 Å².